The highest BCUT2D eigenvalue weighted by atomic mass is 35.5. The molecule has 0 amide bonds. The highest BCUT2D eigenvalue weighted by Crippen LogP contribution is 2.32. The van der Waals surface area contributed by atoms with Crippen molar-refractivity contribution >= 4 is 23.0 Å². The van der Waals surface area contributed by atoms with Gasteiger partial charge >= 0.3 is 0 Å². The Bertz CT molecular complexity index is 686. The van der Waals surface area contributed by atoms with E-state index < -0.39 is 0 Å². The minimum atomic E-state index is 0.488. The lowest BCUT2D eigenvalue weighted by atomic mass is 9.90. The molecule has 20 heavy (non-hydrogen) atoms. The van der Waals surface area contributed by atoms with Gasteiger partial charge in [0.1, 0.15) is 6.07 Å². The van der Waals surface area contributed by atoms with Crippen LogP contribution < -0.4 is 5.32 Å². The Morgan fingerprint density at radius 1 is 1.00 bits per heavy atom. The van der Waals surface area contributed by atoms with Gasteiger partial charge in [-0.15, -0.1) is 0 Å². The maximum atomic E-state index is 9.24. The molecule has 0 spiro atoms. The zero-order chi connectivity index (χ0) is 13.9. The predicted octanol–water partition coefficient (Wildman–Crippen LogP) is 4.83. The summed E-state index contributed by atoms with van der Waals surface area (Å²) in [5.74, 6) is 0. The minimum Gasteiger partial charge on any atom is -0.354 e. The van der Waals surface area contributed by atoms with Gasteiger partial charge in [0.05, 0.1) is 16.3 Å². The molecular formula is C17H15ClN2. The summed E-state index contributed by atoms with van der Waals surface area (Å²) in [4.78, 5) is 0. The fourth-order valence-corrected chi connectivity index (χ4v) is 3.00. The summed E-state index contributed by atoms with van der Waals surface area (Å²) in [5, 5.41) is 13.1. The molecule has 0 aromatic heterocycles. The Balaban J connectivity index is 2.01. The van der Waals surface area contributed by atoms with Crippen molar-refractivity contribution in [3.8, 4) is 6.07 Å². The molecule has 1 N–H and O–H groups in total. The normalized spacial score (nSPS) is 13.4. The van der Waals surface area contributed by atoms with Crippen molar-refractivity contribution in [3.05, 3.63) is 58.1 Å². The smallest absolute Gasteiger partial charge is 0.103 e. The minimum absolute atomic E-state index is 0.488. The summed E-state index contributed by atoms with van der Waals surface area (Å²) in [6, 6.07) is 14.0. The van der Waals surface area contributed by atoms with Crippen LogP contribution in [0.5, 0.6) is 0 Å². The number of hydrogen-bond donors (Lipinski definition) is 1. The van der Waals surface area contributed by atoms with E-state index in [4.69, 9.17) is 11.6 Å². The highest BCUT2D eigenvalue weighted by Gasteiger charge is 2.14. The second-order valence-corrected chi connectivity index (χ2v) is 5.46. The van der Waals surface area contributed by atoms with Gasteiger partial charge in [-0.2, -0.15) is 5.26 Å². The third-order valence-corrected chi connectivity index (χ3v) is 4.11. The van der Waals surface area contributed by atoms with Gasteiger partial charge in [-0.25, -0.2) is 0 Å². The summed E-state index contributed by atoms with van der Waals surface area (Å²) in [6.45, 7) is 0. The number of aryl methyl sites for hydroxylation is 1. The molecule has 0 radical (unpaired) electrons. The summed E-state index contributed by atoms with van der Waals surface area (Å²) < 4.78 is 0. The van der Waals surface area contributed by atoms with Crippen LogP contribution in [0.4, 0.5) is 11.4 Å². The van der Waals surface area contributed by atoms with Crippen molar-refractivity contribution in [2.75, 3.05) is 5.32 Å². The van der Waals surface area contributed by atoms with Crippen LogP contribution in [-0.2, 0) is 12.8 Å². The summed E-state index contributed by atoms with van der Waals surface area (Å²) in [7, 11) is 0. The molecule has 0 saturated heterocycles. The Kier molecular flexibility index (Phi) is 3.62. The van der Waals surface area contributed by atoms with E-state index in [0.717, 1.165) is 24.2 Å². The van der Waals surface area contributed by atoms with Crippen molar-refractivity contribution in [1.29, 1.82) is 5.26 Å². The maximum absolute atomic E-state index is 9.24. The second-order valence-electron chi connectivity index (χ2n) is 5.05. The van der Waals surface area contributed by atoms with Gasteiger partial charge < -0.3 is 5.32 Å². The van der Waals surface area contributed by atoms with Crippen LogP contribution in [0.2, 0.25) is 5.02 Å². The van der Waals surface area contributed by atoms with E-state index in [1.807, 2.05) is 12.1 Å². The molecule has 0 aliphatic heterocycles. The number of nitrogens with zero attached hydrogens (tertiary/aromatic N) is 1. The number of nitriles is 1. The van der Waals surface area contributed by atoms with Gasteiger partial charge in [-0.3, -0.25) is 0 Å². The third kappa shape index (κ3) is 2.37. The van der Waals surface area contributed by atoms with Crippen LogP contribution in [-0.4, -0.2) is 0 Å². The van der Waals surface area contributed by atoms with Crippen molar-refractivity contribution in [1.82, 2.24) is 0 Å². The Hall–Kier alpha value is -1.98. The molecule has 1 aliphatic carbocycles. The summed E-state index contributed by atoms with van der Waals surface area (Å²) in [5.41, 5.74) is 5.17. The van der Waals surface area contributed by atoms with Crippen LogP contribution in [0.25, 0.3) is 0 Å². The quantitative estimate of drug-likeness (QED) is 0.856. The standard InChI is InChI=1S/C17H15ClN2/c18-15-8-4-10-17(14(15)11-19)20-16-9-3-6-12-5-1-2-7-13(12)16/h3-4,6,8-10,20H,1-2,5,7H2. The van der Waals surface area contributed by atoms with E-state index in [2.05, 4.69) is 29.6 Å². The first-order valence-electron chi connectivity index (χ1n) is 6.86. The molecule has 2 nitrogen and oxygen atoms in total. The fraction of sp³-hybridized carbons (Fsp3) is 0.235. The number of nitrogens with one attached hydrogen (secondary N) is 1. The molecular weight excluding hydrogens is 268 g/mol. The van der Waals surface area contributed by atoms with Crippen LogP contribution in [0.3, 0.4) is 0 Å². The molecule has 0 fully saturated rings. The molecule has 2 aromatic carbocycles. The number of hydrogen-bond acceptors (Lipinski definition) is 2. The SMILES string of the molecule is N#Cc1c(Cl)cccc1Nc1cccc2c1CCCC2. The molecule has 100 valence electrons. The number of rotatable bonds is 2. The van der Waals surface area contributed by atoms with E-state index in [1.165, 1.54) is 24.0 Å². The van der Waals surface area contributed by atoms with Crippen molar-refractivity contribution in [3.63, 3.8) is 0 Å². The zero-order valence-corrected chi connectivity index (χ0v) is 11.9. The number of anilines is 2. The van der Waals surface area contributed by atoms with Gasteiger partial charge in [-0.05, 0) is 55.0 Å². The Morgan fingerprint density at radius 2 is 1.75 bits per heavy atom. The average Bonchev–Trinajstić information content (AvgIpc) is 2.48. The molecule has 3 heteroatoms. The largest absolute Gasteiger partial charge is 0.354 e. The average molecular weight is 283 g/mol. The van der Waals surface area contributed by atoms with Gasteiger partial charge in [0.2, 0.25) is 0 Å². The molecule has 0 atom stereocenters. The van der Waals surface area contributed by atoms with Gasteiger partial charge in [0, 0.05) is 5.69 Å². The Morgan fingerprint density at radius 3 is 2.60 bits per heavy atom. The Labute approximate surface area is 124 Å². The van der Waals surface area contributed by atoms with E-state index in [9.17, 15) is 5.26 Å². The predicted molar refractivity (Wildman–Crippen MR) is 82.5 cm³/mol. The molecule has 0 saturated carbocycles. The third-order valence-electron chi connectivity index (χ3n) is 3.79. The van der Waals surface area contributed by atoms with Crippen LogP contribution in [0.1, 0.15) is 29.5 Å². The van der Waals surface area contributed by atoms with Crippen molar-refractivity contribution < 1.29 is 0 Å². The fourth-order valence-electron chi connectivity index (χ4n) is 2.79. The monoisotopic (exact) mass is 282 g/mol. The van der Waals surface area contributed by atoms with Gasteiger partial charge in [0.25, 0.3) is 0 Å². The lowest BCUT2D eigenvalue weighted by molar-refractivity contribution is 0.687. The molecule has 0 bridgehead atoms. The van der Waals surface area contributed by atoms with Crippen molar-refractivity contribution in [2.45, 2.75) is 25.7 Å². The van der Waals surface area contributed by atoms with Gasteiger partial charge in [0.15, 0.2) is 0 Å². The summed E-state index contributed by atoms with van der Waals surface area (Å²) in [6.07, 6.45) is 4.73. The van der Waals surface area contributed by atoms with E-state index >= 15 is 0 Å². The van der Waals surface area contributed by atoms with Crippen molar-refractivity contribution in [2.24, 2.45) is 0 Å². The zero-order valence-electron chi connectivity index (χ0n) is 11.1. The molecule has 2 aromatic rings. The first kappa shape index (κ1) is 13.0. The number of benzene rings is 2. The molecule has 0 heterocycles. The molecule has 3 rings (SSSR count). The molecule has 0 unspecified atom stereocenters. The van der Waals surface area contributed by atoms with Gasteiger partial charge in [-0.1, -0.05) is 29.8 Å². The first-order valence-corrected chi connectivity index (χ1v) is 7.24. The molecule has 1 aliphatic rings. The summed E-state index contributed by atoms with van der Waals surface area (Å²) >= 11 is 6.08. The van der Waals surface area contributed by atoms with Crippen LogP contribution in [0, 0.1) is 11.3 Å². The lowest BCUT2D eigenvalue weighted by Gasteiger charge is -2.20. The van der Waals surface area contributed by atoms with E-state index in [1.54, 1.807) is 6.07 Å². The van der Waals surface area contributed by atoms with Crippen LogP contribution >= 0.6 is 11.6 Å². The lowest BCUT2D eigenvalue weighted by Crippen LogP contribution is -2.06. The first-order chi connectivity index (χ1) is 9.79. The topological polar surface area (TPSA) is 35.8 Å². The number of halogens is 1. The van der Waals surface area contributed by atoms with Crippen LogP contribution in [0.15, 0.2) is 36.4 Å². The highest BCUT2D eigenvalue weighted by molar-refractivity contribution is 6.32. The maximum Gasteiger partial charge on any atom is 0.103 e. The van der Waals surface area contributed by atoms with E-state index in [0.29, 0.717) is 10.6 Å². The second kappa shape index (κ2) is 5.56. The number of fused-ring (bicyclic) bond motifs is 1. The van der Waals surface area contributed by atoms with E-state index in [-0.39, 0.29) is 0 Å².